The average molecular weight is 233 g/mol. The Morgan fingerprint density at radius 1 is 1.50 bits per heavy atom. The summed E-state index contributed by atoms with van der Waals surface area (Å²) >= 11 is 1.70. The van der Waals surface area contributed by atoms with Crippen molar-refractivity contribution in [1.82, 2.24) is 9.97 Å². The second-order valence-corrected chi connectivity index (χ2v) is 5.32. The number of hydrogen-bond donors (Lipinski definition) is 0. The van der Waals surface area contributed by atoms with Gasteiger partial charge in [-0.15, -0.1) is 11.3 Å². The van der Waals surface area contributed by atoms with E-state index in [0.717, 1.165) is 28.2 Å². The molecule has 16 heavy (non-hydrogen) atoms. The topological polar surface area (TPSA) is 29.0 Å². The summed E-state index contributed by atoms with van der Waals surface area (Å²) in [5.74, 6) is 0.984. The zero-order valence-electron chi connectivity index (χ0n) is 9.82. The maximum atomic E-state index is 4.35. The third-order valence-corrected chi connectivity index (χ3v) is 3.26. The first-order valence-corrected chi connectivity index (χ1v) is 5.96. The number of aromatic nitrogens is 2. The fraction of sp³-hybridized carbons (Fsp3) is 0.333. The fourth-order valence-electron chi connectivity index (χ4n) is 1.75. The quantitative estimate of drug-likeness (QED) is 0.763. The van der Waals surface area contributed by atoms with E-state index in [1.807, 2.05) is 14.0 Å². The molecule has 0 aliphatic heterocycles. The number of fused-ring (bicyclic) bond motifs is 1. The molecule has 2 rings (SSSR count). The number of likely N-dealkylation sites (N-methyl/N-ethyl adjacent to an activating group) is 1. The van der Waals surface area contributed by atoms with Crippen LogP contribution in [0.4, 0.5) is 5.82 Å². The summed E-state index contributed by atoms with van der Waals surface area (Å²) in [6.45, 7) is 8.86. The van der Waals surface area contributed by atoms with Crippen molar-refractivity contribution < 1.29 is 0 Å². The van der Waals surface area contributed by atoms with Gasteiger partial charge in [-0.05, 0) is 19.9 Å². The predicted octanol–water partition coefficient (Wildman–Crippen LogP) is 3.01. The molecule has 4 heteroatoms. The molecule has 0 spiro atoms. The Morgan fingerprint density at radius 2 is 2.25 bits per heavy atom. The Balaban J connectivity index is 2.47. The minimum atomic E-state index is 0.820. The Hall–Kier alpha value is -1.42. The van der Waals surface area contributed by atoms with E-state index in [4.69, 9.17) is 0 Å². The van der Waals surface area contributed by atoms with E-state index in [1.165, 1.54) is 4.88 Å². The SMILES string of the molecule is C=C(C)CN(C)c1ncnc2sc(C)cc12. The summed E-state index contributed by atoms with van der Waals surface area (Å²) in [6.07, 6.45) is 1.63. The van der Waals surface area contributed by atoms with Crippen LogP contribution in [0.3, 0.4) is 0 Å². The van der Waals surface area contributed by atoms with E-state index in [9.17, 15) is 0 Å². The molecular formula is C12H15N3S. The van der Waals surface area contributed by atoms with Crippen LogP contribution in [0, 0.1) is 6.92 Å². The van der Waals surface area contributed by atoms with Gasteiger partial charge >= 0.3 is 0 Å². The first-order chi connectivity index (χ1) is 7.58. The van der Waals surface area contributed by atoms with Crippen molar-refractivity contribution in [2.24, 2.45) is 0 Å². The van der Waals surface area contributed by atoms with Crippen molar-refractivity contribution in [1.29, 1.82) is 0 Å². The highest BCUT2D eigenvalue weighted by Gasteiger charge is 2.10. The monoisotopic (exact) mass is 233 g/mol. The first-order valence-electron chi connectivity index (χ1n) is 5.14. The van der Waals surface area contributed by atoms with Crippen LogP contribution < -0.4 is 4.90 Å². The van der Waals surface area contributed by atoms with Crippen molar-refractivity contribution in [2.45, 2.75) is 13.8 Å². The third-order valence-electron chi connectivity index (χ3n) is 2.30. The molecule has 2 aromatic rings. The van der Waals surface area contributed by atoms with E-state index >= 15 is 0 Å². The Bertz CT molecular complexity index is 530. The van der Waals surface area contributed by atoms with E-state index in [2.05, 4.69) is 34.4 Å². The van der Waals surface area contributed by atoms with Crippen LogP contribution in [0.15, 0.2) is 24.5 Å². The number of hydrogen-bond acceptors (Lipinski definition) is 4. The van der Waals surface area contributed by atoms with Crippen LogP contribution in [0.25, 0.3) is 10.2 Å². The molecule has 0 amide bonds. The molecule has 0 unspecified atom stereocenters. The van der Waals surface area contributed by atoms with Gasteiger partial charge in [0.1, 0.15) is 17.0 Å². The molecule has 0 saturated heterocycles. The van der Waals surface area contributed by atoms with Crippen LogP contribution >= 0.6 is 11.3 Å². The van der Waals surface area contributed by atoms with Crippen LogP contribution in [0.5, 0.6) is 0 Å². The Kier molecular flexibility index (Phi) is 2.92. The highest BCUT2D eigenvalue weighted by atomic mass is 32.1. The van der Waals surface area contributed by atoms with Crippen molar-refractivity contribution in [2.75, 3.05) is 18.5 Å². The van der Waals surface area contributed by atoms with Gasteiger partial charge in [0, 0.05) is 18.5 Å². The molecule has 84 valence electrons. The summed E-state index contributed by atoms with van der Waals surface area (Å²) in [5, 5.41) is 1.13. The lowest BCUT2D eigenvalue weighted by Gasteiger charge is -2.18. The molecule has 3 nitrogen and oxygen atoms in total. The van der Waals surface area contributed by atoms with Gasteiger partial charge in [-0.3, -0.25) is 0 Å². The summed E-state index contributed by atoms with van der Waals surface area (Å²) < 4.78 is 0. The molecule has 0 bridgehead atoms. The second-order valence-electron chi connectivity index (χ2n) is 4.09. The van der Waals surface area contributed by atoms with Crippen molar-refractivity contribution in [3.63, 3.8) is 0 Å². The number of nitrogens with zero attached hydrogens (tertiary/aromatic N) is 3. The van der Waals surface area contributed by atoms with Gasteiger partial charge in [-0.2, -0.15) is 0 Å². The molecular weight excluding hydrogens is 218 g/mol. The lowest BCUT2D eigenvalue weighted by Crippen LogP contribution is -2.20. The van der Waals surface area contributed by atoms with Crippen LogP contribution in [-0.4, -0.2) is 23.6 Å². The molecule has 0 aliphatic rings. The zero-order valence-corrected chi connectivity index (χ0v) is 10.6. The lowest BCUT2D eigenvalue weighted by molar-refractivity contribution is 0.956. The van der Waals surface area contributed by atoms with Gasteiger partial charge in [0.05, 0.1) is 5.39 Å². The molecule has 0 aromatic carbocycles. The number of anilines is 1. The highest BCUT2D eigenvalue weighted by molar-refractivity contribution is 7.18. The van der Waals surface area contributed by atoms with Crippen molar-refractivity contribution in [3.05, 3.63) is 29.4 Å². The smallest absolute Gasteiger partial charge is 0.140 e. The van der Waals surface area contributed by atoms with Crippen molar-refractivity contribution >= 4 is 27.4 Å². The summed E-state index contributed by atoms with van der Waals surface area (Å²) in [7, 11) is 2.03. The molecule has 0 fully saturated rings. The third kappa shape index (κ3) is 2.07. The summed E-state index contributed by atoms with van der Waals surface area (Å²) in [4.78, 5) is 13.1. The highest BCUT2D eigenvalue weighted by Crippen LogP contribution is 2.29. The van der Waals surface area contributed by atoms with E-state index < -0.39 is 0 Å². The average Bonchev–Trinajstić information content (AvgIpc) is 2.55. The molecule has 0 saturated carbocycles. The fourth-order valence-corrected chi connectivity index (χ4v) is 2.59. The van der Waals surface area contributed by atoms with E-state index in [0.29, 0.717) is 0 Å². The number of aryl methyl sites for hydroxylation is 1. The molecule has 2 heterocycles. The predicted molar refractivity (Wildman–Crippen MR) is 70.2 cm³/mol. The maximum Gasteiger partial charge on any atom is 0.140 e. The second kappa shape index (κ2) is 4.22. The summed E-state index contributed by atoms with van der Waals surface area (Å²) in [5.41, 5.74) is 1.13. The van der Waals surface area contributed by atoms with Gasteiger partial charge in [-0.1, -0.05) is 12.2 Å². The van der Waals surface area contributed by atoms with Crippen molar-refractivity contribution in [3.8, 4) is 0 Å². The van der Waals surface area contributed by atoms with Crippen LogP contribution in [0.2, 0.25) is 0 Å². The Morgan fingerprint density at radius 3 is 2.94 bits per heavy atom. The molecule has 0 N–H and O–H groups in total. The van der Waals surface area contributed by atoms with E-state index in [1.54, 1.807) is 17.7 Å². The molecule has 0 radical (unpaired) electrons. The lowest BCUT2D eigenvalue weighted by atomic mass is 10.3. The zero-order chi connectivity index (χ0) is 11.7. The minimum Gasteiger partial charge on any atom is -0.355 e. The van der Waals surface area contributed by atoms with Gasteiger partial charge < -0.3 is 4.90 Å². The Labute approximate surface area is 99.5 Å². The van der Waals surface area contributed by atoms with Crippen LogP contribution in [0.1, 0.15) is 11.8 Å². The first kappa shape index (κ1) is 11.1. The number of rotatable bonds is 3. The molecule has 2 aromatic heterocycles. The van der Waals surface area contributed by atoms with Gasteiger partial charge in [0.25, 0.3) is 0 Å². The van der Waals surface area contributed by atoms with Gasteiger partial charge in [-0.25, -0.2) is 9.97 Å². The van der Waals surface area contributed by atoms with Gasteiger partial charge in [0.15, 0.2) is 0 Å². The summed E-state index contributed by atoms with van der Waals surface area (Å²) in [6, 6.07) is 2.14. The van der Waals surface area contributed by atoms with Gasteiger partial charge in [0.2, 0.25) is 0 Å². The van der Waals surface area contributed by atoms with Crippen LogP contribution in [-0.2, 0) is 0 Å². The molecule has 0 atom stereocenters. The number of thiophene rings is 1. The normalized spacial score (nSPS) is 10.7. The largest absolute Gasteiger partial charge is 0.355 e. The van der Waals surface area contributed by atoms with E-state index in [-0.39, 0.29) is 0 Å². The maximum absolute atomic E-state index is 4.35. The molecule has 0 aliphatic carbocycles. The standard InChI is InChI=1S/C12H15N3S/c1-8(2)6-15(4)11-10-5-9(3)16-12(10)14-7-13-11/h5,7H,1,6H2,2-4H3. The minimum absolute atomic E-state index is 0.820.